The largest absolute Gasteiger partial charge is 0.441 e. The molecule has 0 aliphatic rings. The molecule has 0 spiro atoms. The van der Waals surface area contributed by atoms with E-state index >= 15 is 0 Å². The monoisotopic (exact) mass is 410 g/mol. The smallest absolute Gasteiger partial charge is 0.220 e. The first-order valence-electron chi connectivity index (χ1n) is 9.69. The molecule has 4 aromatic rings. The molecule has 4 rings (SSSR count). The lowest BCUT2D eigenvalue weighted by Gasteiger charge is -2.03. The Morgan fingerprint density at radius 2 is 2.00 bits per heavy atom. The van der Waals surface area contributed by atoms with Crippen molar-refractivity contribution in [3.8, 4) is 11.3 Å². The van der Waals surface area contributed by atoms with E-state index in [2.05, 4.69) is 20.3 Å². The number of benzene rings is 2. The van der Waals surface area contributed by atoms with Gasteiger partial charge in [0.1, 0.15) is 17.5 Å². The Morgan fingerprint density at radius 3 is 2.83 bits per heavy atom. The van der Waals surface area contributed by atoms with E-state index in [1.165, 1.54) is 12.3 Å². The normalized spacial score (nSPS) is 11.1. The van der Waals surface area contributed by atoms with Gasteiger partial charge >= 0.3 is 0 Å². The minimum Gasteiger partial charge on any atom is -0.441 e. The highest BCUT2D eigenvalue weighted by Gasteiger charge is 2.13. The van der Waals surface area contributed by atoms with Crippen LogP contribution in [0.2, 0.25) is 0 Å². The number of amides is 1. The van der Waals surface area contributed by atoms with Gasteiger partial charge in [-0.25, -0.2) is 18.7 Å². The van der Waals surface area contributed by atoms with E-state index in [1.807, 2.05) is 24.3 Å². The molecule has 6 nitrogen and oxygen atoms in total. The van der Waals surface area contributed by atoms with Crippen molar-refractivity contribution in [3.05, 3.63) is 72.0 Å². The molecule has 2 heterocycles. The topological polar surface area (TPSA) is 83.8 Å². The summed E-state index contributed by atoms with van der Waals surface area (Å²) in [5, 5.41) is 2.86. The van der Waals surface area contributed by atoms with Crippen molar-refractivity contribution in [2.24, 2.45) is 0 Å². The third kappa shape index (κ3) is 4.71. The Balaban J connectivity index is 1.21. The first kappa shape index (κ1) is 19.8. The highest BCUT2D eigenvalue weighted by Crippen LogP contribution is 2.24. The lowest BCUT2D eigenvalue weighted by molar-refractivity contribution is -0.121. The van der Waals surface area contributed by atoms with Crippen molar-refractivity contribution in [3.63, 3.8) is 0 Å². The van der Waals surface area contributed by atoms with Gasteiger partial charge in [0.2, 0.25) is 5.91 Å². The lowest BCUT2D eigenvalue weighted by atomic mass is 10.2. The standard InChI is InChI=1S/C22H20F2N4O2/c23-14-7-8-15(16(24)12-14)19-13-26-22(30-19)10-9-21(29)25-11-3-6-20-27-17-4-1-2-5-18(17)28-20/h1-2,4-5,7-8,12-13H,3,6,9-11H2,(H,25,29)(H,27,28). The summed E-state index contributed by atoms with van der Waals surface area (Å²) < 4.78 is 32.3. The molecule has 2 aromatic heterocycles. The molecule has 0 saturated heterocycles. The Hall–Kier alpha value is -3.55. The fourth-order valence-corrected chi connectivity index (χ4v) is 3.16. The van der Waals surface area contributed by atoms with Gasteiger partial charge in [0.05, 0.1) is 22.8 Å². The number of aromatic nitrogens is 3. The summed E-state index contributed by atoms with van der Waals surface area (Å²) in [7, 11) is 0. The van der Waals surface area contributed by atoms with Crippen molar-refractivity contribution in [2.45, 2.75) is 25.7 Å². The molecule has 0 aliphatic carbocycles. The number of carbonyl (C=O) groups excluding carboxylic acids is 1. The summed E-state index contributed by atoms with van der Waals surface area (Å²) >= 11 is 0. The average molecular weight is 410 g/mol. The second-order valence-electron chi connectivity index (χ2n) is 6.90. The maximum absolute atomic E-state index is 13.8. The molecule has 2 N–H and O–H groups in total. The van der Waals surface area contributed by atoms with Gasteiger partial charge in [-0.15, -0.1) is 0 Å². The number of hydrogen-bond acceptors (Lipinski definition) is 4. The van der Waals surface area contributed by atoms with Gasteiger partial charge in [0.15, 0.2) is 11.7 Å². The van der Waals surface area contributed by atoms with Crippen LogP contribution in [0.5, 0.6) is 0 Å². The number of aryl methyl sites for hydroxylation is 2. The number of nitrogens with one attached hydrogen (secondary N) is 2. The molecule has 30 heavy (non-hydrogen) atoms. The zero-order valence-electron chi connectivity index (χ0n) is 16.1. The van der Waals surface area contributed by atoms with E-state index in [9.17, 15) is 13.6 Å². The molecule has 0 aliphatic heterocycles. The molecule has 154 valence electrons. The molecule has 2 aromatic carbocycles. The Labute approximate surface area is 171 Å². The second kappa shape index (κ2) is 8.86. The van der Waals surface area contributed by atoms with Crippen molar-refractivity contribution in [2.75, 3.05) is 6.54 Å². The van der Waals surface area contributed by atoms with Crippen molar-refractivity contribution < 1.29 is 18.0 Å². The quantitative estimate of drug-likeness (QED) is 0.427. The van der Waals surface area contributed by atoms with Gasteiger partial charge in [-0.05, 0) is 30.7 Å². The number of carbonyl (C=O) groups is 1. The molecular formula is C22H20F2N4O2. The summed E-state index contributed by atoms with van der Waals surface area (Å²) in [6.45, 7) is 0.535. The third-order valence-corrected chi connectivity index (χ3v) is 4.67. The van der Waals surface area contributed by atoms with Crippen LogP contribution in [-0.2, 0) is 17.6 Å². The summed E-state index contributed by atoms with van der Waals surface area (Å²) in [5.74, 6) is -0.0779. The zero-order chi connectivity index (χ0) is 20.9. The van der Waals surface area contributed by atoms with Gasteiger partial charge in [-0.3, -0.25) is 4.79 Å². The van der Waals surface area contributed by atoms with Crippen LogP contribution >= 0.6 is 0 Å². The van der Waals surface area contributed by atoms with E-state index in [0.717, 1.165) is 41.8 Å². The van der Waals surface area contributed by atoms with Crippen LogP contribution in [0.4, 0.5) is 8.78 Å². The van der Waals surface area contributed by atoms with Crippen LogP contribution < -0.4 is 5.32 Å². The number of imidazole rings is 1. The van der Waals surface area contributed by atoms with Crippen molar-refractivity contribution >= 4 is 16.9 Å². The number of halogens is 2. The first-order chi connectivity index (χ1) is 14.6. The third-order valence-electron chi connectivity index (χ3n) is 4.67. The maximum atomic E-state index is 13.8. The van der Waals surface area contributed by atoms with E-state index in [0.29, 0.717) is 12.4 Å². The molecule has 8 heteroatoms. The second-order valence-corrected chi connectivity index (χ2v) is 6.90. The molecule has 0 radical (unpaired) electrons. The SMILES string of the molecule is O=C(CCc1ncc(-c2ccc(F)cc2F)o1)NCCCc1nc2ccccc2[nH]1. The summed E-state index contributed by atoms with van der Waals surface area (Å²) in [5.41, 5.74) is 2.06. The van der Waals surface area contributed by atoms with Crippen LogP contribution in [0.25, 0.3) is 22.4 Å². The average Bonchev–Trinajstić information content (AvgIpc) is 3.36. The number of hydrogen-bond donors (Lipinski definition) is 2. The lowest BCUT2D eigenvalue weighted by Crippen LogP contribution is -2.25. The maximum Gasteiger partial charge on any atom is 0.220 e. The molecule has 0 atom stereocenters. The molecule has 1 amide bonds. The van der Waals surface area contributed by atoms with Crippen LogP contribution in [0.15, 0.2) is 53.1 Å². The van der Waals surface area contributed by atoms with Crippen LogP contribution in [-0.4, -0.2) is 27.4 Å². The van der Waals surface area contributed by atoms with Gasteiger partial charge in [-0.1, -0.05) is 12.1 Å². The molecule has 0 fully saturated rings. The number of para-hydroxylation sites is 2. The summed E-state index contributed by atoms with van der Waals surface area (Å²) in [6, 6.07) is 11.1. The minimum atomic E-state index is -0.722. The van der Waals surface area contributed by atoms with Crippen molar-refractivity contribution in [1.82, 2.24) is 20.3 Å². The van der Waals surface area contributed by atoms with Gasteiger partial charge in [0, 0.05) is 31.9 Å². The Bertz CT molecular complexity index is 1140. The molecule has 0 unspecified atom stereocenters. The Kier molecular flexibility index (Phi) is 5.83. The summed E-state index contributed by atoms with van der Waals surface area (Å²) in [4.78, 5) is 23.9. The number of rotatable bonds is 8. The van der Waals surface area contributed by atoms with E-state index in [4.69, 9.17) is 4.42 Å². The van der Waals surface area contributed by atoms with Gasteiger partial charge in [-0.2, -0.15) is 0 Å². The Morgan fingerprint density at radius 1 is 1.13 bits per heavy atom. The van der Waals surface area contributed by atoms with E-state index < -0.39 is 11.6 Å². The number of H-pyrrole nitrogens is 1. The number of fused-ring (bicyclic) bond motifs is 1. The predicted molar refractivity (Wildman–Crippen MR) is 108 cm³/mol. The van der Waals surface area contributed by atoms with Gasteiger partial charge < -0.3 is 14.7 Å². The molecule has 0 bridgehead atoms. The fraction of sp³-hybridized carbons (Fsp3) is 0.227. The van der Waals surface area contributed by atoms with Crippen molar-refractivity contribution in [1.29, 1.82) is 0 Å². The highest BCUT2D eigenvalue weighted by molar-refractivity contribution is 5.76. The molecular weight excluding hydrogens is 390 g/mol. The minimum absolute atomic E-state index is 0.118. The number of oxazole rings is 1. The van der Waals surface area contributed by atoms with E-state index in [1.54, 1.807) is 0 Å². The van der Waals surface area contributed by atoms with Crippen LogP contribution in [0.1, 0.15) is 24.6 Å². The van der Waals surface area contributed by atoms with Crippen LogP contribution in [0.3, 0.4) is 0 Å². The number of nitrogens with zero attached hydrogens (tertiary/aromatic N) is 2. The van der Waals surface area contributed by atoms with Crippen LogP contribution in [0, 0.1) is 11.6 Å². The van der Waals surface area contributed by atoms with Gasteiger partial charge in [0.25, 0.3) is 0 Å². The predicted octanol–water partition coefficient (Wildman–Crippen LogP) is 4.18. The first-order valence-corrected chi connectivity index (χ1v) is 9.69. The van der Waals surface area contributed by atoms with E-state index in [-0.39, 0.29) is 30.1 Å². The highest BCUT2D eigenvalue weighted by atomic mass is 19.1. The number of aromatic amines is 1. The fourth-order valence-electron chi connectivity index (χ4n) is 3.16. The molecule has 0 saturated carbocycles. The summed E-state index contributed by atoms with van der Waals surface area (Å²) in [6.07, 6.45) is 3.37. The zero-order valence-corrected chi connectivity index (χ0v) is 16.1.